The lowest BCUT2D eigenvalue weighted by Gasteiger charge is -2.13. The maximum Gasteiger partial charge on any atom is 0.343 e. The highest BCUT2D eigenvalue weighted by Gasteiger charge is 2.17. The first-order chi connectivity index (χ1) is 18.4. The van der Waals surface area contributed by atoms with Crippen LogP contribution in [0.4, 0.5) is 0 Å². The fourth-order valence-electron chi connectivity index (χ4n) is 3.41. The summed E-state index contributed by atoms with van der Waals surface area (Å²) in [6.07, 6.45) is 1.42. The minimum absolute atomic E-state index is 0.200. The van der Waals surface area contributed by atoms with Gasteiger partial charge in [0.2, 0.25) is 5.75 Å². The first kappa shape index (κ1) is 27.7. The zero-order valence-corrected chi connectivity index (χ0v) is 21.8. The van der Waals surface area contributed by atoms with Gasteiger partial charge in [-0.1, -0.05) is 0 Å². The summed E-state index contributed by atoms with van der Waals surface area (Å²) in [5.74, 6) is 1.32. The second kappa shape index (κ2) is 12.9. The Morgan fingerprint density at radius 3 is 1.76 bits per heavy atom. The number of nitrogens with one attached hydrogen (secondary N) is 1. The molecule has 0 radical (unpaired) electrons. The number of benzene rings is 3. The van der Waals surface area contributed by atoms with Crippen LogP contribution in [0.25, 0.3) is 0 Å². The zero-order chi connectivity index (χ0) is 27.7. The molecule has 3 aromatic carbocycles. The van der Waals surface area contributed by atoms with E-state index < -0.39 is 11.9 Å². The lowest BCUT2D eigenvalue weighted by atomic mass is 10.1. The molecule has 0 aliphatic heterocycles. The average molecular weight is 525 g/mol. The minimum Gasteiger partial charge on any atom is -0.493 e. The quantitative estimate of drug-likeness (QED) is 0.173. The van der Waals surface area contributed by atoms with Crippen molar-refractivity contribution >= 4 is 18.1 Å². The lowest BCUT2D eigenvalue weighted by Crippen LogP contribution is -2.18. The number of hydrogen-bond donors (Lipinski definition) is 1. The van der Waals surface area contributed by atoms with E-state index in [2.05, 4.69) is 10.5 Å². The molecule has 0 fully saturated rings. The molecule has 0 aliphatic carbocycles. The van der Waals surface area contributed by atoms with Crippen LogP contribution in [0.15, 0.2) is 53.6 Å². The second-order valence-electron chi connectivity index (χ2n) is 7.48. The Balaban J connectivity index is 1.72. The van der Waals surface area contributed by atoms with Crippen LogP contribution in [0.1, 0.15) is 26.3 Å². The van der Waals surface area contributed by atoms with Gasteiger partial charge in [0.1, 0.15) is 0 Å². The Morgan fingerprint density at radius 1 is 0.632 bits per heavy atom. The van der Waals surface area contributed by atoms with E-state index in [0.29, 0.717) is 40.1 Å². The molecule has 0 bridgehead atoms. The van der Waals surface area contributed by atoms with Gasteiger partial charge in [-0.15, -0.1) is 0 Å². The fraction of sp³-hybridized carbons (Fsp3) is 0.222. The predicted octanol–water partition coefficient (Wildman–Crippen LogP) is 3.72. The predicted molar refractivity (Wildman–Crippen MR) is 139 cm³/mol. The van der Waals surface area contributed by atoms with E-state index in [1.54, 1.807) is 30.3 Å². The van der Waals surface area contributed by atoms with Gasteiger partial charge in [-0.25, -0.2) is 10.2 Å². The first-order valence-electron chi connectivity index (χ1n) is 11.1. The first-order valence-corrected chi connectivity index (χ1v) is 11.1. The third kappa shape index (κ3) is 6.25. The number of esters is 1. The van der Waals surface area contributed by atoms with Crippen LogP contribution in [0, 0.1) is 0 Å². The Hall–Kier alpha value is -4.93. The van der Waals surface area contributed by atoms with Crippen LogP contribution in [-0.4, -0.2) is 60.7 Å². The van der Waals surface area contributed by atoms with Gasteiger partial charge in [0.25, 0.3) is 5.91 Å². The molecular weight excluding hydrogens is 496 g/mol. The smallest absolute Gasteiger partial charge is 0.343 e. The number of rotatable bonds is 11. The number of methoxy groups -OCH3 is 6. The molecule has 200 valence electrons. The summed E-state index contributed by atoms with van der Waals surface area (Å²) in [4.78, 5) is 25.3. The maximum absolute atomic E-state index is 12.7. The molecule has 3 aromatic rings. The number of hydrogen-bond acceptors (Lipinski definition) is 10. The fourth-order valence-corrected chi connectivity index (χ4v) is 3.41. The van der Waals surface area contributed by atoms with Crippen molar-refractivity contribution in [1.82, 2.24) is 5.43 Å². The normalized spacial score (nSPS) is 10.5. The highest BCUT2D eigenvalue weighted by Crippen LogP contribution is 2.38. The monoisotopic (exact) mass is 524 g/mol. The van der Waals surface area contributed by atoms with Crippen molar-refractivity contribution in [3.05, 3.63) is 65.2 Å². The SMILES string of the molecule is COc1ccc(C(=O)Oc2ccc(/C=N/NC(=O)c3cc(OC)c(OC)c(OC)c3)cc2OC)cc1OC. The van der Waals surface area contributed by atoms with E-state index in [9.17, 15) is 9.59 Å². The van der Waals surface area contributed by atoms with Gasteiger partial charge in [0, 0.05) is 5.56 Å². The number of ether oxygens (including phenoxy) is 7. The molecule has 1 amide bonds. The molecule has 0 atom stereocenters. The van der Waals surface area contributed by atoms with E-state index in [-0.39, 0.29) is 16.9 Å². The summed E-state index contributed by atoms with van der Waals surface area (Å²) < 4.78 is 37.1. The van der Waals surface area contributed by atoms with Crippen molar-refractivity contribution in [3.63, 3.8) is 0 Å². The van der Waals surface area contributed by atoms with Crippen LogP contribution >= 0.6 is 0 Å². The summed E-state index contributed by atoms with van der Waals surface area (Å²) in [5, 5.41) is 3.99. The van der Waals surface area contributed by atoms with Crippen molar-refractivity contribution in [3.8, 4) is 40.2 Å². The summed E-state index contributed by atoms with van der Waals surface area (Å²) in [6.45, 7) is 0. The number of hydrazone groups is 1. The van der Waals surface area contributed by atoms with Crippen LogP contribution in [0.2, 0.25) is 0 Å². The number of carbonyl (C=O) groups excluding carboxylic acids is 2. The van der Waals surface area contributed by atoms with Gasteiger partial charge in [-0.2, -0.15) is 5.10 Å². The molecule has 0 unspecified atom stereocenters. The van der Waals surface area contributed by atoms with E-state index in [1.807, 2.05) is 0 Å². The molecule has 0 saturated heterocycles. The van der Waals surface area contributed by atoms with E-state index >= 15 is 0 Å². The van der Waals surface area contributed by atoms with Gasteiger partial charge in [0.05, 0.1) is 54.4 Å². The summed E-state index contributed by atoms with van der Waals surface area (Å²) in [6, 6.07) is 12.5. The molecule has 38 heavy (non-hydrogen) atoms. The highest BCUT2D eigenvalue weighted by atomic mass is 16.6. The van der Waals surface area contributed by atoms with Crippen LogP contribution in [0.3, 0.4) is 0 Å². The topological polar surface area (TPSA) is 123 Å². The molecule has 0 aromatic heterocycles. The highest BCUT2D eigenvalue weighted by molar-refractivity contribution is 5.96. The van der Waals surface area contributed by atoms with Crippen LogP contribution in [-0.2, 0) is 0 Å². The molecule has 0 aliphatic rings. The average Bonchev–Trinajstić information content (AvgIpc) is 2.96. The molecule has 0 saturated carbocycles. The third-order valence-electron chi connectivity index (χ3n) is 5.32. The largest absolute Gasteiger partial charge is 0.493 e. The van der Waals surface area contributed by atoms with E-state index in [0.717, 1.165) is 0 Å². The lowest BCUT2D eigenvalue weighted by molar-refractivity contribution is 0.0729. The Bertz CT molecular complexity index is 1310. The number of nitrogens with zero attached hydrogens (tertiary/aromatic N) is 1. The molecular formula is C27H28N2O9. The molecule has 11 heteroatoms. The number of amides is 1. The summed E-state index contributed by atoms with van der Waals surface area (Å²) in [5.41, 5.74) is 3.55. The number of carbonyl (C=O) groups is 2. The standard InChI is InChI=1S/C27H28N2O9/c1-32-19-10-8-17(12-22(19)34-3)27(31)38-20-9-7-16(11-21(20)33-2)15-28-29-26(30)18-13-23(35-4)25(37-6)24(14-18)36-5/h7-15H,1-6H3,(H,29,30)/b28-15+. The minimum atomic E-state index is -0.608. The third-order valence-corrected chi connectivity index (χ3v) is 5.32. The van der Waals surface area contributed by atoms with Crippen molar-refractivity contribution in [2.24, 2.45) is 5.10 Å². The maximum atomic E-state index is 12.7. The van der Waals surface area contributed by atoms with Gasteiger partial charge in [-0.05, 0) is 54.1 Å². The molecule has 0 heterocycles. The Morgan fingerprint density at radius 2 is 1.18 bits per heavy atom. The van der Waals surface area contributed by atoms with Gasteiger partial charge in [-0.3, -0.25) is 4.79 Å². The zero-order valence-electron chi connectivity index (χ0n) is 21.8. The van der Waals surface area contributed by atoms with Gasteiger partial charge < -0.3 is 33.2 Å². The van der Waals surface area contributed by atoms with E-state index in [1.165, 1.54) is 67.1 Å². The Kier molecular flexibility index (Phi) is 9.36. The second-order valence-corrected chi connectivity index (χ2v) is 7.48. The van der Waals surface area contributed by atoms with Crippen molar-refractivity contribution in [1.29, 1.82) is 0 Å². The van der Waals surface area contributed by atoms with Crippen molar-refractivity contribution in [2.75, 3.05) is 42.7 Å². The van der Waals surface area contributed by atoms with Crippen molar-refractivity contribution < 1.29 is 42.7 Å². The summed E-state index contributed by atoms with van der Waals surface area (Å²) in [7, 11) is 8.81. The molecule has 1 N–H and O–H groups in total. The van der Waals surface area contributed by atoms with E-state index in [4.69, 9.17) is 33.2 Å². The van der Waals surface area contributed by atoms with Crippen LogP contribution in [0.5, 0.6) is 40.2 Å². The molecule has 3 rings (SSSR count). The van der Waals surface area contributed by atoms with Gasteiger partial charge in [0.15, 0.2) is 34.5 Å². The van der Waals surface area contributed by atoms with Gasteiger partial charge >= 0.3 is 5.97 Å². The van der Waals surface area contributed by atoms with Crippen molar-refractivity contribution in [2.45, 2.75) is 0 Å². The summed E-state index contributed by atoms with van der Waals surface area (Å²) >= 11 is 0. The molecule has 11 nitrogen and oxygen atoms in total. The van der Waals surface area contributed by atoms with Crippen LogP contribution < -0.4 is 38.6 Å². The molecule has 0 spiro atoms. The Labute approximate surface area is 219 Å².